The van der Waals surface area contributed by atoms with Gasteiger partial charge in [0.2, 0.25) is 0 Å². The summed E-state index contributed by atoms with van der Waals surface area (Å²) in [5.74, 6) is 0.456. The molecule has 0 aromatic heterocycles. The van der Waals surface area contributed by atoms with Gasteiger partial charge in [-0.2, -0.15) is 0 Å². The van der Waals surface area contributed by atoms with E-state index in [1.165, 1.54) is 0 Å². The number of benzene rings is 1. The molecule has 0 heterocycles. The molecular weight excluding hydrogens is 253 g/mol. The third kappa shape index (κ3) is 3.53. The number of alkyl halides is 1. The van der Waals surface area contributed by atoms with Crippen LogP contribution in [-0.2, 0) is 5.88 Å². The van der Waals surface area contributed by atoms with Crippen molar-refractivity contribution in [3.8, 4) is 0 Å². The molecule has 0 aliphatic heterocycles. The standard InChI is InChI=1S/C14H21Cl2N/c1-10(14(2,3)4)17(5)12-7-6-11(9-15)13(16)8-12/h6-8,10H,9H2,1-5H3. The maximum atomic E-state index is 6.18. The molecule has 1 unspecified atom stereocenters. The Morgan fingerprint density at radius 3 is 2.29 bits per heavy atom. The van der Waals surface area contributed by atoms with Crippen molar-refractivity contribution in [2.75, 3.05) is 11.9 Å². The zero-order valence-corrected chi connectivity index (χ0v) is 12.7. The van der Waals surface area contributed by atoms with Crippen LogP contribution >= 0.6 is 23.2 Å². The largest absolute Gasteiger partial charge is 0.371 e. The summed E-state index contributed by atoms with van der Waals surface area (Å²) in [5, 5.41) is 0.741. The lowest BCUT2D eigenvalue weighted by Crippen LogP contribution is -2.39. The van der Waals surface area contributed by atoms with Gasteiger partial charge in [-0.15, -0.1) is 11.6 Å². The smallest absolute Gasteiger partial charge is 0.0488 e. The normalized spacial score (nSPS) is 13.6. The molecule has 1 nitrogen and oxygen atoms in total. The topological polar surface area (TPSA) is 3.24 Å². The van der Waals surface area contributed by atoms with E-state index in [9.17, 15) is 0 Å². The van der Waals surface area contributed by atoms with Gasteiger partial charge >= 0.3 is 0 Å². The quantitative estimate of drug-likeness (QED) is 0.705. The van der Waals surface area contributed by atoms with Crippen LogP contribution in [0.3, 0.4) is 0 Å². The van der Waals surface area contributed by atoms with Gasteiger partial charge in [-0.25, -0.2) is 0 Å². The van der Waals surface area contributed by atoms with E-state index in [0.29, 0.717) is 11.9 Å². The van der Waals surface area contributed by atoms with Crippen LogP contribution in [0, 0.1) is 5.41 Å². The molecule has 17 heavy (non-hydrogen) atoms. The highest BCUT2D eigenvalue weighted by Crippen LogP contribution is 2.30. The predicted octanol–water partition coefficient (Wildman–Crippen LogP) is 4.95. The highest BCUT2D eigenvalue weighted by molar-refractivity contribution is 6.32. The molecular formula is C14H21Cl2N. The highest BCUT2D eigenvalue weighted by Gasteiger charge is 2.24. The van der Waals surface area contributed by atoms with Gasteiger partial charge in [0, 0.05) is 29.7 Å². The zero-order chi connectivity index (χ0) is 13.2. The summed E-state index contributed by atoms with van der Waals surface area (Å²) < 4.78 is 0. The second kappa shape index (κ2) is 5.49. The highest BCUT2D eigenvalue weighted by atomic mass is 35.5. The minimum Gasteiger partial charge on any atom is -0.371 e. The third-order valence-electron chi connectivity index (χ3n) is 3.42. The Hall–Kier alpha value is -0.400. The molecule has 96 valence electrons. The molecule has 1 aromatic rings. The van der Waals surface area contributed by atoms with Crippen molar-refractivity contribution >= 4 is 28.9 Å². The molecule has 0 aliphatic carbocycles. The Bertz CT molecular complexity index is 382. The van der Waals surface area contributed by atoms with Gasteiger partial charge in [0.15, 0.2) is 0 Å². The molecule has 1 rings (SSSR count). The molecule has 0 saturated heterocycles. The summed E-state index contributed by atoms with van der Waals surface area (Å²) in [6.45, 7) is 8.94. The van der Waals surface area contributed by atoms with Crippen LogP contribution in [0.25, 0.3) is 0 Å². The summed E-state index contributed by atoms with van der Waals surface area (Å²) in [6.07, 6.45) is 0. The van der Waals surface area contributed by atoms with E-state index in [4.69, 9.17) is 23.2 Å². The first kappa shape index (κ1) is 14.7. The van der Waals surface area contributed by atoms with Crippen LogP contribution in [0.5, 0.6) is 0 Å². The maximum absolute atomic E-state index is 6.18. The fraction of sp³-hybridized carbons (Fsp3) is 0.571. The maximum Gasteiger partial charge on any atom is 0.0488 e. The molecule has 0 N–H and O–H groups in total. The van der Waals surface area contributed by atoms with Crippen LogP contribution in [0.2, 0.25) is 5.02 Å². The molecule has 0 aliphatic rings. The van der Waals surface area contributed by atoms with Crippen molar-refractivity contribution < 1.29 is 0 Å². The molecule has 3 heteroatoms. The minimum atomic E-state index is 0.229. The fourth-order valence-corrected chi connectivity index (χ4v) is 2.21. The van der Waals surface area contributed by atoms with E-state index in [-0.39, 0.29) is 5.41 Å². The first-order valence-electron chi connectivity index (χ1n) is 5.84. The van der Waals surface area contributed by atoms with Crippen LogP contribution in [0.4, 0.5) is 5.69 Å². The summed E-state index contributed by atoms with van der Waals surface area (Å²) in [4.78, 5) is 2.25. The number of hydrogen-bond acceptors (Lipinski definition) is 1. The van der Waals surface area contributed by atoms with Crippen molar-refractivity contribution in [3.63, 3.8) is 0 Å². The fourth-order valence-electron chi connectivity index (χ4n) is 1.67. The van der Waals surface area contributed by atoms with Crippen molar-refractivity contribution in [2.24, 2.45) is 5.41 Å². The molecule has 0 saturated carbocycles. The van der Waals surface area contributed by atoms with E-state index in [0.717, 1.165) is 16.3 Å². The molecule has 1 aromatic carbocycles. The van der Waals surface area contributed by atoms with Gasteiger partial charge < -0.3 is 4.90 Å². The molecule has 0 spiro atoms. The second-order valence-electron chi connectivity index (χ2n) is 5.56. The van der Waals surface area contributed by atoms with Crippen molar-refractivity contribution in [1.29, 1.82) is 0 Å². The molecule has 1 atom stereocenters. The van der Waals surface area contributed by atoms with Gasteiger partial charge in [0.25, 0.3) is 0 Å². The van der Waals surface area contributed by atoms with Crippen molar-refractivity contribution in [1.82, 2.24) is 0 Å². The Kier molecular flexibility index (Phi) is 4.74. The summed E-state index contributed by atoms with van der Waals surface area (Å²) in [5.41, 5.74) is 2.34. The first-order valence-corrected chi connectivity index (χ1v) is 6.76. The minimum absolute atomic E-state index is 0.229. The van der Waals surface area contributed by atoms with Gasteiger partial charge in [0.05, 0.1) is 0 Å². The summed E-state index contributed by atoms with van der Waals surface area (Å²) >= 11 is 12.0. The number of rotatable bonds is 3. The van der Waals surface area contributed by atoms with Gasteiger partial charge in [-0.1, -0.05) is 38.4 Å². The van der Waals surface area contributed by atoms with Crippen molar-refractivity contribution in [2.45, 2.75) is 39.6 Å². The lowest BCUT2D eigenvalue weighted by Gasteiger charge is -2.37. The number of hydrogen-bond donors (Lipinski definition) is 0. The average molecular weight is 274 g/mol. The second-order valence-corrected chi connectivity index (χ2v) is 6.24. The van der Waals surface area contributed by atoms with E-state index in [1.807, 2.05) is 12.1 Å². The van der Waals surface area contributed by atoms with E-state index >= 15 is 0 Å². The summed E-state index contributed by atoms with van der Waals surface area (Å²) in [6, 6.07) is 6.49. The molecule has 0 fully saturated rings. The van der Waals surface area contributed by atoms with Gasteiger partial charge in [0.1, 0.15) is 0 Å². The van der Waals surface area contributed by atoms with Crippen LogP contribution < -0.4 is 4.90 Å². The predicted molar refractivity (Wildman–Crippen MR) is 78.3 cm³/mol. The zero-order valence-electron chi connectivity index (χ0n) is 11.2. The monoisotopic (exact) mass is 273 g/mol. The number of anilines is 1. The SMILES string of the molecule is CC(N(C)c1ccc(CCl)c(Cl)c1)C(C)(C)C. The summed E-state index contributed by atoms with van der Waals surface area (Å²) in [7, 11) is 2.10. The van der Waals surface area contributed by atoms with Gasteiger partial charge in [-0.05, 0) is 30.0 Å². The van der Waals surface area contributed by atoms with Crippen LogP contribution in [0.1, 0.15) is 33.3 Å². The average Bonchev–Trinajstić information content (AvgIpc) is 2.25. The van der Waals surface area contributed by atoms with E-state index in [2.05, 4.69) is 45.7 Å². The Balaban J connectivity index is 2.97. The van der Waals surface area contributed by atoms with Crippen molar-refractivity contribution in [3.05, 3.63) is 28.8 Å². The lowest BCUT2D eigenvalue weighted by atomic mass is 9.87. The molecule has 0 bridgehead atoms. The van der Waals surface area contributed by atoms with Crippen LogP contribution in [0.15, 0.2) is 18.2 Å². The van der Waals surface area contributed by atoms with Crippen LogP contribution in [-0.4, -0.2) is 13.1 Å². The first-order chi connectivity index (χ1) is 7.77. The lowest BCUT2D eigenvalue weighted by molar-refractivity contribution is 0.330. The van der Waals surface area contributed by atoms with E-state index in [1.54, 1.807) is 0 Å². The van der Waals surface area contributed by atoms with Gasteiger partial charge in [-0.3, -0.25) is 0 Å². The third-order valence-corrected chi connectivity index (χ3v) is 4.06. The number of halogens is 2. The Morgan fingerprint density at radius 2 is 1.88 bits per heavy atom. The number of nitrogens with zero attached hydrogens (tertiary/aromatic N) is 1. The molecule has 0 radical (unpaired) electrons. The van der Waals surface area contributed by atoms with E-state index < -0.39 is 0 Å². The Morgan fingerprint density at radius 1 is 1.29 bits per heavy atom. The molecule has 0 amide bonds. The Labute approximate surface area is 115 Å².